The number of hydrogen-bond acceptors (Lipinski definition) is 10. The van der Waals surface area contributed by atoms with E-state index in [4.69, 9.17) is 28.4 Å². The average Bonchev–Trinajstić information content (AvgIpc) is 3.49. The molecule has 3 heterocycles. The van der Waals surface area contributed by atoms with Gasteiger partial charge >= 0.3 is 0 Å². The Labute approximate surface area is 255 Å². The number of aromatic nitrogens is 2. The molecule has 10 heteroatoms. The highest BCUT2D eigenvalue weighted by Crippen LogP contribution is 2.44. The predicted molar refractivity (Wildman–Crippen MR) is 169 cm³/mol. The molecule has 0 atom stereocenters. The van der Waals surface area contributed by atoms with E-state index < -0.39 is 0 Å². The molecule has 5 rings (SSSR count). The number of anilines is 2. The van der Waals surface area contributed by atoms with Crippen molar-refractivity contribution in [1.29, 1.82) is 0 Å². The van der Waals surface area contributed by atoms with Gasteiger partial charge in [0, 0.05) is 37.6 Å². The van der Waals surface area contributed by atoms with Crippen molar-refractivity contribution in [3.63, 3.8) is 0 Å². The SMILES string of the molecule is CC=CC.CCOC(CCOc1cc2ncnc3c2cc1OCCCCCN(C)Cc1ccc2c(c1N3)OCO2)OCC. The fraction of sp³-hybridized carbons (Fsp3) is 0.515. The Hall–Kier alpha value is -3.60. The molecule has 1 N–H and O–H groups in total. The molecule has 43 heavy (non-hydrogen) atoms. The van der Waals surface area contributed by atoms with E-state index in [1.807, 2.05) is 58.0 Å². The summed E-state index contributed by atoms with van der Waals surface area (Å²) in [5.41, 5.74) is 2.71. The van der Waals surface area contributed by atoms with E-state index in [-0.39, 0.29) is 13.1 Å². The van der Waals surface area contributed by atoms with Crippen LogP contribution >= 0.6 is 0 Å². The van der Waals surface area contributed by atoms with Gasteiger partial charge in [-0.05, 0) is 78.2 Å². The van der Waals surface area contributed by atoms with Crippen molar-refractivity contribution in [2.45, 2.75) is 66.2 Å². The molecule has 0 aliphatic carbocycles. The number of allylic oxidation sites excluding steroid dienone is 2. The molecule has 3 aromatic rings. The zero-order valence-electron chi connectivity index (χ0n) is 26.2. The Morgan fingerprint density at radius 3 is 2.56 bits per heavy atom. The van der Waals surface area contributed by atoms with Crippen LogP contribution in [0.5, 0.6) is 23.0 Å². The third-order valence-corrected chi connectivity index (χ3v) is 7.10. The third-order valence-electron chi connectivity index (χ3n) is 7.10. The number of ether oxygens (including phenoxy) is 6. The van der Waals surface area contributed by atoms with Crippen molar-refractivity contribution >= 4 is 22.4 Å². The standard InChI is InChI=1S/C29H38N4O6.C4H8/c1-4-34-26(35-5-2)11-14-37-25-16-22-21-15-24(25)36-13-8-6-7-12-33(3)17-20-9-10-23-28(39-19-38-23)27(20)32-29(21)31-18-30-22;1-3-4-2/h9-10,15-16,18,26H,4-8,11-14,17,19H2,1-3H3,(H,30,31,32);3-4H,1-2H3. The summed E-state index contributed by atoms with van der Waals surface area (Å²) in [6.07, 6.45) is 8.95. The van der Waals surface area contributed by atoms with E-state index in [2.05, 4.69) is 33.3 Å². The summed E-state index contributed by atoms with van der Waals surface area (Å²) in [4.78, 5) is 11.5. The lowest BCUT2D eigenvalue weighted by atomic mass is 10.1. The van der Waals surface area contributed by atoms with Gasteiger partial charge in [-0.15, -0.1) is 0 Å². The van der Waals surface area contributed by atoms with Crippen molar-refractivity contribution in [2.24, 2.45) is 0 Å². The van der Waals surface area contributed by atoms with Crippen LogP contribution in [0, 0.1) is 0 Å². The first-order valence-electron chi connectivity index (χ1n) is 15.3. The second-order valence-corrected chi connectivity index (χ2v) is 10.3. The third kappa shape index (κ3) is 8.95. The van der Waals surface area contributed by atoms with E-state index in [1.54, 1.807) is 6.33 Å². The minimum atomic E-state index is -0.302. The topological polar surface area (TPSA) is 96.4 Å². The number of hydrogen-bond donors (Lipinski definition) is 1. The fourth-order valence-corrected chi connectivity index (χ4v) is 4.85. The first kappa shape index (κ1) is 32.3. The molecule has 0 radical (unpaired) electrons. The Bertz CT molecular complexity index is 1320. The van der Waals surface area contributed by atoms with Gasteiger partial charge in [0.1, 0.15) is 12.1 Å². The lowest BCUT2D eigenvalue weighted by Crippen LogP contribution is -2.20. The number of nitrogens with zero attached hydrogens (tertiary/aromatic N) is 3. The van der Waals surface area contributed by atoms with Crippen molar-refractivity contribution in [2.75, 3.05) is 52.1 Å². The van der Waals surface area contributed by atoms with Gasteiger partial charge in [-0.25, -0.2) is 9.97 Å². The maximum Gasteiger partial charge on any atom is 0.231 e. The van der Waals surface area contributed by atoms with Gasteiger partial charge in [-0.1, -0.05) is 18.2 Å². The second-order valence-electron chi connectivity index (χ2n) is 10.3. The predicted octanol–water partition coefficient (Wildman–Crippen LogP) is 6.85. The van der Waals surface area contributed by atoms with E-state index >= 15 is 0 Å². The van der Waals surface area contributed by atoms with Gasteiger partial charge in [0.25, 0.3) is 0 Å². The van der Waals surface area contributed by atoms with E-state index in [0.29, 0.717) is 55.9 Å². The van der Waals surface area contributed by atoms with E-state index in [0.717, 1.165) is 60.3 Å². The average molecular weight is 595 g/mol. The van der Waals surface area contributed by atoms with E-state index in [9.17, 15) is 0 Å². The molecule has 0 unspecified atom stereocenters. The highest BCUT2D eigenvalue weighted by molar-refractivity contribution is 5.94. The highest BCUT2D eigenvalue weighted by Gasteiger charge is 2.23. The number of nitrogens with one attached hydrogen (secondary N) is 1. The zero-order chi connectivity index (χ0) is 30.4. The number of fused-ring (bicyclic) bond motifs is 4. The molecular formula is C33H46N4O6. The van der Waals surface area contributed by atoms with Crippen LogP contribution in [-0.2, 0) is 16.0 Å². The summed E-state index contributed by atoms with van der Waals surface area (Å²) in [6.45, 7) is 12.0. The lowest BCUT2D eigenvalue weighted by molar-refractivity contribution is -0.142. The Morgan fingerprint density at radius 2 is 1.79 bits per heavy atom. The summed E-state index contributed by atoms with van der Waals surface area (Å²) in [5.74, 6) is 3.38. The smallest absolute Gasteiger partial charge is 0.231 e. The van der Waals surface area contributed by atoms with Crippen molar-refractivity contribution in [3.05, 3.63) is 48.3 Å². The Balaban J connectivity index is 0.000000996. The number of benzene rings is 2. The van der Waals surface area contributed by atoms with Crippen molar-refractivity contribution in [3.8, 4) is 23.0 Å². The molecule has 2 aliphatic heterocycles. The first-order valence-corrected chi connectivity index (χ1v) is 15.3. The van der Waals surface area contributed by atoms with Crippen LogP contribution in [-0.4, -0.2) is 68.0 Å². The summed E-state index contributed by atoms with van der Waals surface area (Å²) in [7, 11) is 2.14. The normalized spacial score (nSPS) is 15.3. The quantitative estimate of drug-likeness (QED) is 0.220. The van der Waals surface area contributed by atoms with Gasteiger partial charge < -0.3 is 38.6 Å². The maximum absolute atomic E-state index is 6.27. The molecule has 10 nitrogen and oxygen atoms in total. The largest absolute Gasteiger partial charge is 0.490 e. The lowest BCUT2D eigenvalue weighted by Gasteiger charge is -2.20. The van der Waals surface area contributed by atoms with Gasteiger partial charge in [0.05, 0.1) is 24.4 Å². The number of rotatable bonds is 8. The van der Waals surface area contributed by atoms with Crippen LogP contribution in [0.2, 0.25) is 0 Å². The van der Waals surface area contributed by atoms with Gasteiger partial charge in [0.2, 0.25) is 6.79 Å². The molecule has 0 amide bonds. The summed E-state index contributed by atoms with van der Waals surface area (Å²) in [6, 6.07) is 7.93. The monoisotopic (exact) mass is 594 g/mol. The molecule has 2 aliphatic rings. The molecule has 0 fully saturated rings. The first-order chi connectivity index (χ1) is 21.1. The molecule has 0 spiro atoms. The van der Waals surface area contributed by atoms with Crippen molar-refractivity contribution < 1.29 is 28.4 Å². The van der Waals surface area contributed by atoms with Crippen LogP contribution in [0.15, 0.2) is 42.7 Å². The Kier molecular flexibility index (Phi) is 12.7. The fourth-order valence-electron chi connectivity index (χ4n) is 4.85. The van der Waals surface area contributed by atoms with Crippen LogP contribution < -0.4 is 24.3 Å². The molecular weight excluding hydrogens is 548 g/mol. The molecule has 0 saturated heterocycles. The minimum Gasteiger partial charge on any atom is -0.490 e. The molecule has 1 aromatic heterocycles. The Morgan fingerprint density at radius 1 is 0.977 bits per heavy atom. The summed E-state index contributed by atoms with van der Waals surface area (Å²) >= 11 is 0. The van der Waals surface area contributed by atoms with Gasteiger partial charge in [0.15, 0.2) is 29.3 Å². The van der Waals surface area contributed by atoms with Gasteiger partial charge in [-0.3, -0.25) is 0 Å². The van der Waals surface area contributed by atoms with E-state index in [1.165, 1.54) is 0 Å². The second kappa shape index (κ2) is 16.9. The van der Waals surface area contributed by atoms with Crippen LogP contribution in [0.3, 0.4) is 0 Å². The van der Waals surface area contributed by atoms with Crippen LogP contribution in [0.4, 0.5) is 11.5 Å². The summed E-state index contributed by atoms with van der Waals surface area (Å²) < 4.78 is 35.3. The summed E-state index contributed by atoms with van der Waals surface area (Å²) in [5, 5.41) is 4.37. The minimum absolute atomic E-state index is 0.194. The zero-order valence-corrected chi connectivity index (χ0v) is 26.2. The van der Waals surface area contributed by atoms with Crippen LogP contribution in [0.1, 0.15) is 58.9 Å². The molecule has 2 bridgehead atoms. The maximum atomic E-state index is 6.27. The molecule has 2 aromatic carbocycles. The van der Waals surface area contributed by atoms with Crippen molar-refractivity contribution in [1.82, 2.24) is 14.9 Å². The molecule has 234 valence electrons. The molecule has 0 saturated carbocycles. The highest BCUT2D eigenvalue weighted by atomic mass is 16.7. The van der Waals surface area contributed by atoms with Gasteiger partial charge in [-0.2, -0.15) is 0 Å². The van der Waals surface area contributed by atoms with Crippen LogP contribution in [0.25, 0.3) is 10.9 Å².